The minimum absolute atomic E-state index is 0.0354. The largest absolute Gasteiger partial charge is 0.444 e. The molecule has 7 nitrogen and oxygen atoms in total. The molecule has 1 aliphatic heterocycles. The fourth-order valence-corrected chi connectivity index (χ4v) is 2.35. The lowest BCUT2D eigenvalue weighted by Gasteiger charge is -2.29. The summed E-state index contributed by atoms with van der Waals surface area (Å²) >= 11 is 0. The van der Waals surface area contributed by atoms with Crippen molar-refractivity contribution in [3.05, 3.63) is 0 Å². The van der Waals surface area contributed by atoms with Crippen LogP contribution in [-0.2, 0) is 19.0 Å². The van der Waals surface area contributed by atoms with Crippen LogP contribution in [0.25, 0.3) is 0 Å². The first-order valence-electron chi connectivity index (χ1n) is 8.09. The Morgan fingerprint density at radius 2 is 2.09 bits per heavy atom. The fraction of sp³-hybridized carbons (Fsp3) is 0.875. The van der Waals surface area contributed by atoms with E-state index in [0.29, 0.717) is 19.8 Å². The van der Waals surface area contributed by atoms with E-state index < -0.39 is 11.7 Å². The highest BCUT2D eigenvalue weighted by molar-refractivity contribution is 5.82. The molecular weight excluding hydrogens is 300 g/mol. The molecule has 134 valence electrons. The number of hydrogen-bond donors (Lipinski definition) is 1. The first-order chi connectivity index (χ1) is 10.7. The third-order valence-electron chi connectivity index (χ3n) is 3.26. The number of ether oxygens (including phenoxy) is 3. The van der Waals surface area contributed by atoms with Gasteiger partial charge in [-0.3, -0.25) is 9.69 Å². The summed E-state index contributed by atoms with van der Waals surface area (Å²) in [6, 6.07) is -0.115. The van der Waals surface area contributed by atoms with E-state index in [1.807, 2.05) is 6.92 Å². The Bertz CT molecular complexity index is 388. The minimum Gasteiger partial charge on any atom is -0.444 e. The van der Waals surface area contributed by atoms with Crippen molar-refractivity contribution < 1.29 is 23.8 Å². The second kappa shape index (κ2) is 9.08. The van der Waals surface area contributed by atoms with Gasteiger partial charge in [0.05, 0.1) is 19.3 Å². The van der Waals surface area contributed by atoms with Crippen molar-refractivity contribution in [3.8, 4) is 0 Å². The van der Waals surface area contributed by atoms with Crippen molar-refractivity contribution in [2.45, 2.75) is 58.3 Å². The van der Waals surface area contributed by atoms with Gasteiger partial charge in [0.25, 0.3) is 0 Å². The van der Waals surface area contributed by atoms with Crippen molar-refractivity contribution >= 4 is 12.0 Å². The van der Waals surface area contributed by atoms with E-state index in [0.717, 1.165) is 12.8 Å². The first kappa shape index (κ1) is 19.7. The molecule has 23 heavy (non-hydrogen) atoms. The molecule has 1 aliphatic rings. The molecule has 7 heteroatoms. The summed E-state index contributed by atoms with van der Waals surface area (Å²) in [5.74, 6) is -0.238. The monoisotopic (exact) mass is 330 g/mol. The fourth-order valence-electron chi connectivity index (χ4n) is 2.35. The van der Waals surface area contributed by atoms with Crippen LogP contribution in [0.4, 0.5) is 4.79 Å². The van der Waals surface area contributed by atoms with Crippen LogP contribution in [0.1, 0.15) is 40.5 Å². The zero-order valence-corrected chi connectivity index (χ0v) is 14.9. The third kappa shape index (κ3) is 8.18. The van der Waals surface area contributed by atoms with E-state index in [2.05, 4.69) is 5.32 Å². The van der Waals surface area contributed by atoms with Crippen molar-refractivity contribution in [2.75, 3.05) is 33.4 Å². The van der Waals surface area contributed by atoms with Crippen LogP contribution in [0.15, 0.2) is 0 Å². The summed E-state index contributed by atoms with van der Waals surface area (Å²) in [5, 5.41) is 2.80. The zero-order valence-electron chi connectivity index (χ0n) is 14.9. The molecule has 0 radical (unpaired) electrons. The van der Waals surface area contributed by atoms with Gasteiger partial charge in [-0.25, -0.2) is 4.79 Å². The molecule has 0 spiro atoms. The molecule has 0 aliphatic carbocycles. The van der Waals surface area contributed by atoms with Crippen LogP contribution in [0, 0.1) is 0 Å². The smallest absolute Gasteiger partial charge is 0.410 e. The van der Waals surface area contributed by atoms with Crippen LogP contribution in [0.2, 0.25) is 0 Å². The highest BCUT2D eigenvalue weighted by Gasteiger charge is 2.28. The second-order valence-corrected chi connectivity index (χ2v) is 6.92. The van der Waals surface area contributed by atoms with E-state index in [4.69, 9.17) is 14.2 Å². The molecule has 0 saturated carbocycles. The average molecular weight is 330 g/mol. The van der Waals surface area contributed by atoms with Crippen molar-refractivity contribution in [1.82, 2.24) is 10.2 Å². The topological polar surface area (TPSA) is 77.1 Å². The summed E-state index contributed by atoms with van der Waals surface area (Å²) < 4.78 is 15.9. The number of nitrogens with one attached hydrogen (secondary N) is 1. The number of nitrogens with zero attached hydrogens (tertiary/aromatic N) is 1. The van der Waals surface area contributed by atoms with Gasteiger partial charge in [-0.15, -0.1) is 0 Å². The van der Waals surface area contributed by atoms with Crippen LogP contribution in [-0.4, -0.2) is 68.1 Å². The lowest BCUT2D eigenvalue weighted by Crippen LogP contribution is -2.48. The molecule has 0 aromatic carbocycles. The maximum atomic E-state index is 12.3. The van der Waals surface area contributed by atoms with Gasteiger partial charge in [-0.05, 0) is 40.5 Å². The highest BCUT2D eigenvalue weighted by atomic mass is 16.6. The molecule has 0 unspecified atom stereocenters. The summed E-state index contributed by atoms with van der Waals surface area (Å²) in [6.07, 6.45) is 1.33. The van der Waals surface area contributed by atoms with Crippen LogP contribution >= 0.6 is 0 Å². The summed E-state index contributed by atoms with van der Waals surface area (Å²) in [4.78, 5) is 25.9. The zero-order chi connectivity index (χ0) is 17.5. The van der Waals surface area contributed by atoms with Gasteiger partial charge in [0.2, 0.25) is 5.91 Å². The minimum atomic E-state index is -0.605. The van der Waals surface area contributed by atoms with Gasteiger partial charge in [-0.1, -0.05) is 0 Å². The maximum absolute atomic E-state index is 12.3. The predicted octanol–water partition coefficient (Wildman–Crippen LogP) is 1.55. The molecule has 0 aromatic rings. The van der Waals surface area contributed by atoms with E-state index >= 15 is 0 Å². The number of rotatable bonds is 7. The number of carbonyl (C=O) groups is 2. The molecule has 2 amide bonds. The van der Waals surface area contributed by atoms with Crippen molar-refractivity contribution in [2.24, 2.45) is 0 Å². The van der Waals surface area contributed by atoms with Gasteiger partial charge < -0.3 is 19.5 Å². The number of carbonyl (C=O) groups excluding carboxylic acids is 2. The van der Waals surface area contributed by atoms with Gasteiger partial charge >= 0.3 is 6.09 Å². The molecule has 1 rings (SSSR count). The van der Waals surface area contributed by atoms with Crippen molar-refractivity contribution in [1.29, 1.82) is 0 Å². The van der Waals surface area contributed by atoms with E-state index in [-0.39, 0.29) is 24.6 Å². The van der Waals surface area contributed by atoms with Gasteiger partial charge in [0, 0.05) is 19.8 Å². The number of amides is 2. The van der Waals surface area contributed by atoms with Crippen LogP contribution in [0.3, 0.4) is 0 Å². The molecule has 1 fully saturated rings. The van der Waals surface area contributed by atoms with Crippen LogP contribution in [0.5, 0.6) is 0 Å². The Labute approximate surface area is 138 Å². The summed E-state index contributed by atoms with van der Waals surface area (Å²) in [7, 11) is 1.58. The molecule has 1 saturated heterocycles. The average Bonchev–Trinajstić information content (AvgIpc) is 2.88. The Kier molecular flexibility index (Phi) is 7.78. The molecular formula is C16H30N2O5. The summed E-state index contributed by atoms with van der Waals surface area (Å²) in [5.41, 5.74) is -0.605. The SMILES string of the molecule is COC[C@@H](C)NC(=O)CN(C[C@H]1CCCO1)C(=O)OC(C)(C)C. The van der Waals surface area contributed by atoms with Crippen molar-refractivity contribution in [3.63, 3.8) is 0 Å². The van der Waals surface area contributed by atoms with E-state index in [9.17, 15) is 9.59 Å². The summed E-state index contributed by atoms with van der Waals surface area (Å²) in [6.45, 7) is 8.68. The van der Waals surface area contributed by atoms with Gasteiger partial charge in [0.15, 0.2) is 0 Å². The maximum Gasteiger partial charge on any atom is 0.410 e. The Morgan fingerprint density at radius 3 is 2.61 bits per heavy atom. The first-order valence-corrected chi connectivity index (χ1v) is 8.09. The molecule has 1 N–H and O–H groups in total. The quantitative estimate of drug-likeness (QED) is 0.766. The molecule has 0 bridgehead atoms. The normalized spacial score (nSPS) is 19.3. The second-order valence-electron chi connectivity index (χ2n) is 6.92. The predicted molar refractivity (Wildman–Crippen MR) is 86.3 cm³/mol. The Hall–Kier alpha value is -1.34. The molecule has 0 aromatic heterocycles. The standard InChI is InChI=1S/C16H30N2O5/c1-12(11-21-5)17-14(19)10-18(9-13-7-6-8-22-13)15(20)23-16(2,3)4/h12-13H,6-11H2,1-5H3,(H,17,19)/t12-,13-/m1/s1. The number of methoxy groups -OCH3 is 1. The number of hydrogen-bond acceptors (Lipinski definition) is 5. The third-order valence-corrected chi connectivity index (χ3v) is 3.26. The lowest BCUT2D eigenvalue weighted by atomic mass is 10.2. The molecule has 1 heterocycles. The van der Waals surface area contributed by atoms with Crippen LogP contribution < -0.4 is 5.32 Å². The van der Waals surface area contributed by atoms with Gasteiger partial charge in [-0.2, -0.15) is 0 Å². The highest BCUT2D eigenvalue weighted by Crippen LogP contribution is 2.16. The van der Waals surface area contributed by atoms with Gasteiger partial charge in [0.1, 0.15) is 12.1 Å². The van der Waals surface area contributed by atoms with E-state index in [1.54, 1.807) is 27.9 Å². The Morgan fingerprint density at radius 1 is 1.39 bits per heavy atom. The lowest BCUT2D eigenvalue weighted by molar-refractivity contribution is -0.123. The molecule has 2 atom stereocenters. The van der Waals surface area contributed by atoms with E-state index in [1.165, 1.54) is 4.90 Å². The Balaban J connectivity index is 2.62.